The molecule has 1 aromatic carbocycles. The monoisotopic (exact) mass is 317 g/mol. The summed E-state index contributed by atoms with van der Waals surface area (Å²) < 4.78 is 19.3. The number of hydrogen-bond acceptors (Lipinski definition) is 3. The highest BCUT2D eigenvalue weighted by Gasteiger charge is 2.21. The molecule has 1 aliphatic rings. The van der Waals surface area contributed by atoms with E-state index in [1.54, 1.807) is 6.07 Å². The zero-order valence-corrected chi connectivity index (χ0v) is 11.9. The van der Waals surface area contributed by atoms with Gasteiger partial charge >= 0.3 is 0 Å². The van der Waals surface area contributed by atoms with Gasteiger partial charge in [0.05, 0.1) is 11.6 Å². The minimum Gasteiger partial charge on any atom is -0.505 e. The van der Waals surface area contributed by atoms with E-state index in [0.29, 0.717) is 22.4 Å². The number of ether oxygens (including phenoxy) is 1. The molecule has 2 N–H and O–H groups in total. The highest BCUT2D eigenvalue weighted by molar-refractivity contribution is 9.10. The fourth-order valence-corrected chi connectivity index (χ4v) is 2.99. The molecule has 1 aromatic rings. The first-order chi connectivity index (χ1) is 8.63. The molecular weight excluding hydrogens is 301 g/mol. The van der Waals surface area contributed by atoms with Gasteiger partial charge in [-0.05, 0) is 65.8 Å². The maximum atomic E-state index is 13.9. The van der Waals surface area contributed by atoms with Gasteiger partial charge in [-0.15, -0.1) is 0 Å². The molecular formula is C13H17BrFNO2. The van der Waals surface area contributed by atoms with Crippen LogP contribution >= 0.6 is 15.9 Å². The number of rotatable bonds is 3. The van der Waals surface area contributed by atoms with Gasteiger partial charge in [-0.2, -0.15) is 4.39 Å². The lowest BCUT2D eigenvalue weighted by Gasteiger charge is -2.23. The third-order valence-corrected chi connectivity index (χ3v) is 3.99. The van der Waals surface area contributed by atoms with Crippen molar-refractivity contribution in [3.05, 3.63) is 21.9 Å². The van der Waals surface area contributed by atoms with Crippen molar-refractivity contribution >= 4 is 15.9 Å². The summed E-state index contributed by atoms with van der Waals surface area (Å²) in [7, 11) is 1.38. The fraction of sp³-hybridized carbons (Fsp3) is 0.538. The van der Waals surface area contributed by atoms with Crippen molar-refractivity contribution in [1.29, 1.82) is 0 Å². The van der Waals surface area contributed by atoms with Crippen LogP contribution in [0.25, 0.3) is 0 Å². The lowest BCUT2D eigenvalue weighted by Crippen LogP contribution is -2.28. The van der Waals surface area contributed by atoms with Crippen molar-refractivity contribution in [2.75, 3.05) is 20.2 Å². The van der Waals surface area contributed by atoms with E-state index < -0.39 is 5.82 Å². The largest absolute Gasteiger partial charge is 0.505 e. The van der Waals surface area contributed by atoms with E-state index in [0.717, 1.165) is 25.9 Å². The quantitative estimate of drug-likeness (QED) is 0.900. The van der Waals surface area contributed by atoms with E-state index >= 15 is 0 Å². The minimum atomic E-state index is -0.684. The standard InChI is InChI=1S/C13H17BrFNO2/c1-18-13-10(14)7-9(12(17)11(13)15)6-8-2-4-16-5-3-8/h7-8,16-17H,2-6H2,1H3. The predicted molar refractivity (Wildman–Crippen MR) is 71.6 cm³/mol. The molecule has 0 radical (unpaired) electrons. The molecule has 0 atom stereocenters. The molecule has 5 heteroatoms. The molecule has 1 aliphatic heterocycles. The topological polar surface area (TPSA) is 41.5 Å². The Bertz CT molecular complexity index is 433. The average molecular weight is 318 g/mol. The van der Waals surface area contributed by atoms with Crippen LogP contribution in [0.3, 0.4) is 0 Å². The molecule has 0 bridgehead atoms. The molecule has 0 spiro atoms. The number of methoxy groups -OCH3 is 1. The maximum absolute atomic E-state index is 13.9. The van der Waals surface area contributed by atoms with Crippen molar-refractivity contribution in [1.82, 2.24) is 5.32 Å². The number of halogens is 2. The number of aromatic hydroxyl groups is 1. The van der Waals surface area contributed by atoms with Gasteiger partial charge in [0, 0.05) is 0 Å². The van der Waals surface area contributed by atoms with Crippen LogP contribution in [0.1, 0.15) is 18.4 Å². The molecule has 1 fully saturated rings. The second-order valence-electron chi connectivity index (χ2n) is 4.61. The molecule has 100 valence electrons. The van der Waals surface area contributed by atoms with Gasteiger partial charge < -0.3 is 15.2 Å². The van der Waals surface area contributed by atoms with Crippen LogP contribution in [0.5, 0.6) is 11.5 Å². The third kappa shape index (κ3) is 2.78. The number of hydrogen-bond donors (Lipinski definition) is 2. The van der Waals surface area contributed by atoms with Crippen molar-refractivity contribution in [3.8, 4) is 11.5 Å². The average Bonchev–Trinajstić information content (AvgIpc) is 2.37. The Morgan fingerprint density at radius 3 is 2.78 bits per heavy atom. The van der Waals surface area contributed by atoms with Crippen LogP contribution in [0.15, 0.2) is 10.5 Å². The second-order valence-corrected chi connectivity index (χ2v) is 5.47. The first-order valence-corrected chi connectivity index (χ1v) is 6.87. The molecule has 18 heavy (non-hydrogen) atoms. The molecule has 3 nitrogen and oxygen atoms in total. The molecule has 0 unspecified atom stereocenters. The lowest BCUT2D eigenvalue weighted by atomic mass is 9.90. The molecule has 2 rings (SSSR count). The summed E-state index contributed by atoms with van der Waals surface area (Å²) in [5.41, 5.74) is 0.645. The van der Waals surface area contributed by atoms with Crippen LogP contribution in [0.2, 0.25) is 0 Å². The van der Waals surface area contributed by atoms with Gasteiger partial charge in [-0.3, -0.25) is 0 Å². The number of piperidine rings is 1. The van der Waals surface area contributed by atoms with Crippen LogP contribution in [0.4, 0.5) is 4.39 Å². The maximum Gasteiger partial charge on any atom is 0.208 e. The number of phenolic OH excluding ortho intramolecular Hbond substituents is 1. The molecule has 1 saturated heterocycles. The molecule has 1 heterocycles. The zero-order chi connectivity index (χ0) is 13.1. The Morgan fingerprint density at radius 1 is 1.50 bits per heavy atom. The molecule has 0 amide bonds. The van der Waals surface area contributed by atoms with Crippen molar-refractivity contribution in [2.45, 2.75) is 19.3 Å². The van der Waals surface area contributed by atoms with Gasteiger partial charge in [0.25, 0.3) is 0 Å². The summed E-state index contributed by atoms with van der Waals surface area (Å²) in [6.07, 6.45) is 2.82. The van der Waals surface area contributed by atoms with Gasteiger partial charge in [0.2, 0.25) is 5.82 Å². The Hall–Kier alpha value is -0.810. The predicted octanol–water partition coefficient (Wildman–Crippen LogP) is 2.84. The molecule has 0 saturated carbocycles. The number of nitrogens with one attached hydrogen (secondary N) is 1. The SMILES string of the molecule is COc1c(Br)cc(CC2CCNCC2)c(O)c1F. The third-order valence-electron chi connectivity index (χ3n) is 3.40. The van der Waals surface area contributed by atoms with E-state index in [2.05, 4.69) is 21.2 Å². The van der Waals surface area contributed by atoms with E-state index in [1.165, 1.54) is 7.11 Å². The number of benzene rings is 1. The van der Waals surface area contributed by atoms with Crippen LogP contribution in [0, 0.1) is 11.7 Å². The Labute approximate surface area is 114 Å². The van der Waals surface area contributed by atoms with E-state index in [4.69, 9.17) is 4.74 Å². The smallest absolute Gasteiger partial charge is 0.208 e. The Kier molecular flexibility index (Phi) is 4.45. The van der Waals surface area contributed by atoms with Crippen LogP contribution in [-0.2, 0) is 6.42 Å². The Balaban J connectivity index is 2.22. The minimum absolute atomic E-state index is 0.0570. The summed E-state index contributed by atoms with van der Waals surface area (Å²) in [6, 6.07) is 1.75. The van der Waals surface area contributed by atoms with Crippen LogP contribution < -0.4 is 10.1 Å². The van der Waals surface area contributed by atoms with E-state index in [1.807, 2.05) is 0 Å². The van der Waals surface area contributed by atoms with Crippen molar-refractivity contribution in [3.63, 3.8) is 0 Å². The normalized spacial score (nSPS) is 16.8. The van der Waals surface area contributed by atoms with Gasteiger partial charge in [-0.1, -0.05) is 0 Å². The van der Waals surface area contributed by atoms with E-state index in [-0.39, 0.29) is 11.5 Å². The summed E-state index contributed by atoms with van der Waals surface area (Å²) in [6.45, 7) is 1.98. The summed E-state index contributed by atoms with van der Waals surface area (Å²) in [5, 5.41) is 13.2. The second kappa shape index (κ2) is 5.89. The van der Waals surface area contributed by atoms with Gasteiger partial charge in [-0.25, -0.2) is 0 Å². The first kappa shape index (κ1) is 13.6. The summed E-state index contributed by atoms with van der Waals surface area (Å²) in [4.78, 5) is 0. The van der Waals surface area contributed by atoms with Crippen LogP contribution in [-0.4, -0.2) is 25.3 Å². The Morgan fingerprint density at radius 2 is 2.17 bits per heavy atom. The summed E-state index contributed by atoms with van der Waals surface area (Å²) in [5.74, 6) is -0.414. The highest BCUT2D eigenvalue weighted by Crippen LogP contribution is 2.38. The summed E-state index contributed by atoms with van der Waals surface area (Å²) >= 11 is 3.27. The van der Waals surface area contributed by atoms with Gasteiger partial charge in [0.15, 0.2) is 11.5 Å². The lowest BCUT2D eigenvalue weighted by molar-refractivity contribution is 0.346. The molecule has 0 aromatic heterocycles. The number of phenols is 1. The van der Waals surface area contributed by atoms with E-state index in [9.17, 15) is 9.50 Å². The fourth-order valence-electron chi connectivity index (χ4n) is 2.38. The van der Waals surface area contributed by atoms with Gasteiger partial charge in [0.1, 0.15) is 0 Å². The van der Waals surface area contributed by atoms with Crippen molar-refractivity contribution < 1.29 is 14.2 Å². The van der Waals surface area contributed by atoms with Crippen molar-refractivity contribution in [2.24, 2.45) is 5.92 Å². The first-order valence-electron chi connectivity index (χ1n) is 6.08. The highest BCUT2D eigenvalue weighted by atomic mass is 79.9. The molecule has 0 aliphatic carbocycles. The zero-order valence-electron chi connectivity index (χ0n) is 10.3.